The van der Waals surface area contributed by atoms with Crippen LogP contribution in [0.15, 0.2) is 48.5 Å². The van der Waals surface area contributed by atoms with Gasteiger partial charge >= 0.3 is 0 Å². The molecule has 1 saturated heterocycles. The summed E-state index contributed by atoms with van der Waals surface area (Å²) in [4.78, 5) is 31.8. The van der Waals surface area contributed by atoms with Gasteiger partial charge in [0.15, 0.2) is 0 Å². The minimum absolute atomic E-state index is 0.00898. The van der Waals surface area contributed by atoms with Gasteiger partial charge in [0.25, 0.3) is 0 Å². The Morgan fingerprint density at radius 2 is 1.62 bits per heavy atom. The Morgan fingerprint density at radius 3 is 2.47 bits per heavy atom. The lowest BCUT2D eigenvalue weighted by Crippen LogP contribution is -2.52. The van der Waals surface area contributed by atoms with Crippen LogP contribution in [0.2, 0.25) is 0 Å². The van der Waals surface area contributed by atoms with Crippen molar-refractivity contribution >= 4 is 17.5 Å². The van der Waals surface area contributed by atoms with Crippen LogP contribution in [-0.2, 0) is 16.0 Å². The van der Waals surface area contributed by atoms with E-state index in [4.69, 9.17) is 4.74 Å². The van der Waals surface area contributed by atoms with Crippen molar-refractivity contribution in [3.63, 3.8) is 0 Å². The average molecular weight is 435 g/mol. The first-order valence-corrected chi connectivity index (χ1v) is 11.5. The van der Waals surface area contributed by atoms with E-state index >= 15 is 0 Å². The number of carbonyl (C=O) groups excluding carboxylic acids is 2. The molecule has 1 unspecified atom stereocenters. The first-order valence-electron chi connectivity index (χ1n) is 11.5. The Kier molecular flexibility index (Phi) is 6.10. The predicted molar refractivity (Wildman–Crippen MR) is 123 cm³/mol. The van der Waals surface area contributed by atoms with Gasteiger partial charge in [-0.2, -0.15) is 0 Å². The highest BCUT2D eigenvalue weighted by Crippen LogP contribution is 2.31. The van der Waals surface area contributed by atoms with Gasteiger partial charge in [-0.15, -0.1) is 0 Å². The number of nitrogens with one attached hydrogen (secondary N) is 1. The zero-order valence-electron chi connectivity index (χ0n) is 18.3. The lowest BCUT2D eigenvalue weighted by Gasteiger charge is -2.35. The number of amides is 2. The van der Waals surface area contributed by atoms with Crippen LogP contribution in [0.5, 0.6) is 5.75 Å². The van der Waals surface area contributed by atoms with E-state index in [1.807, 2.05) is 47.4 Å². The van der Waals surface area contributed by atoms with Gasteiger partial charge in [0.2, 0.25) is 11.8 Å². The number of piperazine rings is 1. The van der Waals surface area contributed by atoms with E-state index in [0.717, 1.165) is 62.6 Å². The predicted octanol–water partition coefficient (Wildman–Crippen LogP) is 1.83. The quantitative estimate of drug-likeness (QED) is 0.778. The van der Waals surface area contributed by atoms with E-state index in [9.17, 15) is 9.59 Å². The highest BCUT2D eigenvalue weighted by Gasteiger charge is 2.28. The van der Waals surface area contributed by atoms with Crippen LogP contribution in [0.4, 0.5) is 5.69 Å². The number of nitrogens with zero attached hydrogens (tertiary/aromatic N) is 3. The largest absolute Gasteiger partial charge is 0.493 e. The van der Waals surface area contributed by atoms with Crippen molar-refractivity contribution in [1.29, 1.82) is 0 Å². The standard InChI is InChI=1S/C25H30N4O3/c30-24(26-21-10-16-32-23-8-4-2-6-20(21)23)17-27-12-14-28(15-13-27)18-25(31)29-11-9-19-5-1-3-7-22(19)29/h1-8,21H,9-18H2,(H,26,30). The fourth-order valence-corrected chi connectivity index (χ4v) is 4.91. The second-order valence-corrected chi connectivity index (χ2v) is 8.77. The molecule has 0 aromatic heterocycles. The van der Waals surface area contributed by atoms with E-state index in [1.165, 1.54) is 5.56 Å². The SMILES string of the molecule is O=C(CN1CCN(CC(=O)N2CCc3ccccc32)CC1)NC1CCOc2ccccc21. The Hall–Kier alpha value is -2.90. The van der Waals surface area contributed by atoms with Crippen molar-refractivity contribution < 1.29 is 14.3 Å². The van der Waals surface area contributed by atoms with Crippen molar-refractivity contribution in [2.75, 3.05) is 57.3 Å². The van der Waals surface area contributed by atoms with Crippen LogP contribution in [0.3, 0.4) is 0 Å². The number of carbonyl (C=O) groups is 2. The summed E-state index contributed by atoms with van der Waals surface area (Å²) in [6.07, 6.45) is 1.72. The number of benzene rings is 2. The number of hydrogen-bond acceptors (Lipinski definition) is 5. The molecule has 7 heteroatoms. The molecule has 7 nitrogen and oxygen atoms in total. The summed E-state index contributed by atoms with van der Waals surface area (Å²) < 4.78 is 5.69. The maximum atomic E-state index is 12.9. The molecule has 0 spiro atoms. The van der Waals surface area contributed by atoms with Gasteiger partial charge in [-0.1, -0.05) is 36.4 Å². The first kappa shape index (κ1) is 21.0. The second-order valence-electron chi connectivity index (χ2n) is 8.77. The van der Waals surface area contributed by atoms with Gasteiger partial charge in [-0.25, -0.2) is 0 Å². The number of ether oxygens (including phenoxy) is 1. The molecule has 168 valence electrons. The van der Waals surface area contributed by atoms with E-state index in [1.54, 1.807) is 0 Å². The van der Waals surface area contributed by atoms with Gasteiger partial charge in [0, 0.05) is 50.4 Å². The summed E-state index contributed by atoms with van der Waals surface area (Å²) >= 11 is 0. The van der Waals surface area contributed by atoms with Crippen molar-refractivity contribution in [2.24, 2.45) is 0 Å². The Bertz CT molecular complexity index is 987. The lowest BCUT2D eigenvalue weighted by molar-refractivity contribution is -0.124. The molecular formula is C25H30N4O3. The van der Waals surface area contributed by atoms with Crippen LogP contribution in [0.25, 0.3) is 0 Å². The van der Waals surface area contributed by atoms with Crippen LogP contribution in [-0.4, -0.2) is 74.0 Å². The molecule has 2 amide bonds. The zero-order chi connectivity index (χ0) is 21.9. The van der Waals surface area contributed by atoms with Gasteiger partial charge < -0.3 is 15.0 Å². The van der Waals surface area contributed by atoms with Crippen molar-refractivity contribution in [1.82, 2.24) is 15.1 Å². The maximum Gasteiger partial charge on any atom is 0.241 e. The summed E-state index contributed by atoms with van der Waals surface area (Å²) in [5.74, 6) is 1.08. The fraction of sp³-hybridized carbons (Fsp3) is 0.440. The molecular weight excluding hydrogens is 404 g/mol. The monoisotopic (exact) mass is 434 g/mol. The zero-order valence-corrected chi connectivity index (χ0v) is 18.3. The summed E-state index contributed by atoms with van der Waals surface area (Å²) in [5, 5.41) is 3.18. The van der Waals surface area contributed by atoms with Gasteiger partial charge in [-0.05, 0) is 24.1 Å². The minimum atomic E-state index is 0.00898. The number of fused-ring (bicyclic) bond motifs is 2. The number of anilines is 1. The molecule has 1 fully saturated rings. The summed E-state index contributed by atoms with van der Waals surface area (Å²) in [7, 11) is 0. The van der Waals surface area contributed by atoms with E-state index in [0.29, 0.717) is 19.7 Å². The van der Waals surface area contributed by atoms with Crippen LogP contribution in [0.1, 0.15) is 23.6 Å². The maximum absolute atomic E-state index is 12.9. The number of para-hydroxylation sites is 2. The highest BCUT2D eigenvalue weighted by molar-refractivity contribution is 5.96. The molecule has 2 aromatic rings. The van der Waals surface area contributed by atoms with E-state index in [2.05, 4.69) is 21.2 Å². The second kappa shape index (κ2) is 9.30. The summed E-state index contributed by atoms with van der Waals surface area (Å²) in [6.45, 7) is 5.41. The van der Waals surface area contributed by atoms with Crippen molar-refractivity contribution in [3.05, 3.63) is 59.7 Å². The van der Waals surface area contributed by atoms with Crippen LogP contribution < -0.4 is 15.0 Å². The van der Waals surface area contributed by atoms with Gasteiger partial charge in [-0.3, -0.25) is 19.4 Å². The normalized spacial score (nSPS) is 20.9. The highest BCUT2D eigenvalue weighted by atomic mass is 16.5. The van der Waals surface area contributed by atoms with Crippen molar-refractivity contribution in [3.8, 4) is 5.75 Å². The molecule has 3 aliphatic rings. The molecule has 3 heterocycles. The minimum Gasteiger partial charge on any atom is -0.493 e. The van der Waals surface area contributed by atoms with Crippen molar-refractivity contribution in [2.45, 2.75) is 18.9 Å². The molecule has 0 bridgehead atoms. The Labute approximate surface area is 188 Å². The Balaban J connectivity index is 1.08. The molecule has 0 aliphatic carbocycles. The van der Waals surface area contributed by atoms with E-state index in [-0.39, 0.29) is 17.9 Å². The smallest absolute Gasteiger partial charge is 0.241 e. The van der Waals surface area contributed by atoms with Crippen LogP contribution in [0, 0.1) is 0 Å². The number of hydrogen-bond donors (Lipinski definition) is 1. The topological polar surface area (TPSA) is 65.1 Å². The fourth-order valence-electron chi connectivity index (χ4n) is 4.91. The average Bonchev–Trinajstić information content (AvgIpc) is 3.25. The number of rotatable bonds is 5. The van der Waals surface area contributed by atoms with Gasteiger partial charge in [0.1, 0.15) is 5.75 Å². The molecule has 2 aromatic carbocycles. The third-order valence-electron chi connectivity index (χ3n) is 6.67. The first-order chi connectivity index (χ1) is 15.7. The third kappa shape index (κ3) is 4.49. The third-order valence-corrected chi connectivity index (χ3v) is 6.67. The molecule has 5 rings (SSSR count). The lowest BCUT2D eigenvalue weighted by atomic mass is 10.0. The summed E-state index contributed by atoms with van der Waals surface area (Å²) in [6, 6.07) is 16.1. The van der Waals surface area contributed by atoms with Crippen LogP contribution >= 0.6 is 0 Å². The summed E-state index contributed by atoms with van der Waals surface area (Å²) in [5.41, 5.74) is 3.37. The Morgan fingerprint density at radius 1 is 0.906 bits per heavy atom. The molecule has 1 N–H and O–H groups in total. The molecule has 0 saturated carbocycles. The molecule has 3 aliphatic heterocycles. The molecule has 1 atom stereocenters. The van der Waals surface area contributed by atoms with E-state index < -0.39 is 0 Å². The van der Waals surface area contributed by atoms with Gasteiger partial charge in [0.05, 0.1) is 25.7 Å². The molecule has 32 heavy (non-hydrogen) atoms. The molecule has 0 radical (unpaired) electrons.